The Labute approximate surface area is 101 Å². The fraction of sp³-hybridized carbons (Fsp3) is 0.846. The summed E-state index contributed by atoms with van der Waals surface area (Å²) in [5.74, 6) is 0.132. The highest BCUT2D eigenvalue weighted by Gasteiger charge is 2.22. The first kappa shape index (κ1) is 15.7. The van der Waals surface area contributed by atoms with E-state index in [9.17, 15) is 8.42 Å². The first-order valence-electron chi connectivity index (χ1n) is 6.40. The Balaban J connectivity index is 4.33. The van der Waals surface area contributed by atoms with Crippen LogP contribution in [0.25, 0.3) is 0 Å². The molecule has 0 bridgehead atoms. The zero-order valence-corrected chi connectivity index (χ0v) is 11.6. The van der Waals surface area contributed by atoms with Gasteiger partial charge in [0, 0.05) is 0 Å². The summed E-state index contributed by atoms with van der Waals surface area (Å²) >= 11 is 0. The lowest BCUT2D eigenvalue weighted by molar-refractivity contribution is 0.537. The van der Waals surface area contributed by atoms with Crippen molar-refractivity contribution in [2.24, 2.45) is 0 Å². The van der Waals surface area contributed by atoms with Gasteiger partial charge in [-0.25, -0.2) is 8.42 Å². The molecule has 0 aromatic rings. The summed E-state index contributed by atoms with van der Waals surface area (Å²) in [6, 6.07) is 0. The van der Waals surface area contributed by atoms with Crippen molar-refractivity contribution in [2.45, 2.75) is 64.0 Å². The minimum absolute atomic E-state index is 0.132. The Bertz CT molecular complexity index is 268. The maximum absolute atomic E-state index is 12.0. The third-order valence-corrected chi connectivity index (χ3v) is 5.05. The largest absolute Gasteiger partial charge is 0.228 e. The lowest BCUT2D eigenvalue weighted by atomic mass is 10.1. The van der Waals surface area contributed by atoms with Crippen LogP contribution < -0.4 is 0 Å². The molecule has 0 aromatic carbocycles. The van der Waals surface area contributed by atoms with Crippen molar-refractivity contribution >= 4 is 9.84 Å². The molecule has 0 aliphatic carbocycles. The molecule has 0 radical (unpaired) electrons. The van der Waals surface area contributed by atoms with Gasteiger partial charge >= 0.3 is 0 Å². The van der Waals surface area contributed by atoms with Crippen LogP contribution in [0.2, 0.25) is 0 Å². The van der Waals surface area contributed by atoms with Crippen molar-refractivity contribution in [3.05, 3.63) is 12.7 Å². The van der Waals surface area contributed by atoms with Gasteiger partial charge in [0.25, 0.3) is 0 Å². The van der Waals surface area contributed by atoms with E-state index < -0.39 is 9.84 Å². The van der Waals surface area contributed by atoms with Gasteiger partial charge in [-0.15, -0.1) is 6.58 Å². The van der Waals surface area contributed by atoms with Crippen molar-refractivity contribution in [3.8, 4) is 0 Å². The Morgan fingerprint density at radius 2 is 1.62 bits per heavy atom. The fourth-order valence-corrected chi connectivity index (χ4v) is 3.51. The molecule has 1 unspecified atom stereocenters. The van der Waals surface area contributed by atoms with Gasteiger partial charge < -0.3 is 0 Å². The summed E-state index contributed by atoms with van der Waals surface area (Å²) < 4.78 is 23.9. The summed E-state index contributed by atoms with van der Waals surface area (Å²) in [5.41, 5.74) is 0. The van der Waals surface area contributed by atoms with Gasteiger partial charge in [-0.05, 0) is 12.8 Å². The first-order chi connectivity index (χ1) is 7.58. The van der Waals surface area contributed by atoms with Gasteiger partial charge in [0.2, 0.25) is 0 Å². The van der Waals surface area contributed by atoms with E-state index in [2.05, 4.69) is 20.4 Å². The maximum Gasteiger partial charge on any atom is 0.156 e. The first-order valence-corrected chi connectivity index (χ1v) is 8.12. The molecule has 2 nitrogen and oxygen atoms in total. The van der Waals surface area contributed by atoms with Gasteiger partial charge in [0.05, 0.1) is 11.0 Å². The molecule has 0 heterocycles. The smallest absolute Gasteiger partial charge is 0.156 e. The second kappa shape index (κ2) is 8.80. The average Bonchev–Trinajstić information content (AvgIpc) is 2.22. The molecular formula is C13H26O2S. The quantitative estimate of drug-likeness (QED) is 0.435. The van der Waals surface area contributed by atoms with Crippen LogP contribution in [0, 0.1) is 0 Å². The van der Waals surface area contributed by atoms with E-state index in [0.717, 1.165) is 44.9 Å². The van der Waals surface area contributed by atoms with E-state index in [1.165, 1.54) is 6.08 Å². The van der Waals surface area contributed by atoms with Crippen molar-refractivity contribution in [3.63, 3.8) is 0 Å². The summed E-state index contributed by atoms with van der Waals surface area (Å²) in [4.78, 5) is 0. The molecule has 16 heavy (non-hydrogen) atoms. The van der Waals surface area contributed by atoms with E-state index in [1.54, 1.807) is 0 Å². The van der Waals surface area contributed by atoms with E-state index >= 15 is 0 Å². The number of hydrogen-bond acceptors (Lipinski definition) is 2. The minimum atomic E-state index is -2.94. The molecule has 3 heteroatoms. The second-order valence-corrected chi connectivity index (χ2v) is 6.70. The highest BCUT2D eigenvalue weighted by Crippen LogP contribution is 2.18. The maximum atomic E-state index is 12.0. The molecule has 0 N–H and O–H groups in total. The van der Waals surface area contributed by atoms with Crippen LogP contribution in [0.5, 0.6) is 0 Å². The van der Waals surface area contributed by atoms with E-state index in [-0.39, 0.29) is 11.0 Å². The monoisotopic (exact) mass is 246 g/mol. The number of sulfone groups is 1. The lowest BCUT2D eigenvalue weighted by Gasteiger charge is -2.16. The zero-order chi connectivity index (χ0) is 12.4. The highest BCUT2D eigenvalue weighted by atomic mass is 32.2. The Kier molecular flexibility index (Phi) is 8.63. The predicted molar refractivity (Wildman–Crippen MR) is 71.4 cm³/mol. The van der Waals surface area contributed by atoms with E-state index in [0.29, 0.717) is 0 Å². The number of unbranched alkanes of at least 4 members (excludes halogenated alkanes) is 3. The molecule has 1 atom stereocenters. The number of rotatable bonds is 10. The van der Waals surface area contributed by atoms with Crippen LogP contribution in [0.1, 0.15) is 58.8 Å². The lowest BCUT2D eigenvalue weighted by Crippen LogP contribution is -2.23. The molecular weight excluding hydrogens is 220 g/mol. The molecule has 0 spiro atoms. The molecule has 0 saturated heterocycles. The second-order valence-electron chi connectivity index (χ2n) is 4.38. The standard InChI is InChI=1S/C13H26O2S/c1-4-7-9-11-13(10-8-5-2)16(14,15)12-6-3/h6,13H,3-5,7-12H2,1-2H3. The summed E-state index contributed by atoms with van der Waals surface area (Å²) in [5, 5.41) is -0.142. The van der Waals surface area contributed by atoms with Crippen molar-refractivity contribution < 1.29 is 8.42 Å². The summed E-state index contributed by atoms with van der Waals surface area (Å²) in [7, 11) is -2.94. The van der Waals surface area contributed by atoms with Crippen LogP contribution in [-0.4, -0.2) is 19.4 Å². The SMILES string of the molecule is C=CCS(=O)(=O)C(CCCC)CCCCC. The third-order valence-electron chi connectivity index (χ3n) is 2.87. The normalized spacial score (nSPS) is 13.6. The van der Waals surface area contributed by atoms with E-state index in [4.69, 9.17) is 0 Å². The summed E-state index contributed by atoms with van der Waals surface area (Å²) in [6.45, 7) is 7.76. The van der Waals surface area contributed by atoms with Crippen LogP contribution in [0.3, 0.4) is 0 Å². The minimum Gasteiger partial charge on any atom is -0.228 e. The average molecular weight is 246 g/mol. The molecule has 0 aliphatic rings. The van der Waals surface area contributed by atoms with Gasteiger partial charge in [-0.3, -0.25) is 0 Å². The molecule has 0 aromatic heterocycles. The van der Waals surface area contributed by atoms with Crippen molar-refractivity contribution in [2.75, 3.05) is 5.75 Å². The molecule has 0 fully saturated rings. The topological polar surface area (TPSA) is 34.1 Å². The van der Waals surface area contributed by atoms with Crippen molar-refractivity contribution in [1.82, 2.24) is 0 Å². The molecule has 0 saturated carbocycles. The molecule has 0 rings (SSSR count). The Hall–Kier alpha value is -0.310. The molecule has 96 valence electrons. The van der Waals surface area contributed by atoms with Crippen molar-refractivity contribution in [1.29, 1.82) is 0 Å². The Morgan fingerprint density at radius 1 is 1.06 bits per heavy atom. The van der Waals surface area contributed by atoms with E-state index in [1.807, 2.05) is 0 Å². The predicted octanol–water partition coefficient (Wildman–Crippen LogP) is 3.73. The van der Waals surface area contributed by atoms with Gasteiger partial charge in [0.1, 0.15) is 0 Å². The Morgan fingerprint density at radius 3 is 2.12 bits per heavy atom. The third kappa shape index (κ3) is 6.31. The van der Waals surface area contributed by atoms with Crippen LogP contribution in [0.15, 0.2) is 12.7 Å². The van der Waals surface area contributed by atoms with Gasteiger partial charge in [0.15, 0.2) is 9.84 Å². The fourth-order valence-electron chi connectivity index (χ4n) is 1.86. The molecule has 0 aliphatic heterocycles. The highest BCUT2D eigenvalue weighted by molar-refractivity contribution is 7.92. The van der Waals surface area contributed by atoms with Crippen LogP contribution >= 0.6 is 0 Å². The van der Waals surface area contributed by atoms with Gasteiger partial charge in [-0.2, -0.15) is 0 Å². The van der Waals surface area contributed by atoms with Crippen LogP contribution in [0.4, 0.5) is 0 Å². The van der Waals surface area contributed by atoms with Gasteiger partial charge in [-0.1, -0.05) is 52.0 Å². The zero-order valence-electron chi connectivity index (χ0n) is 10.7. The number of hydrogen-bond donors (Lipinski definition) is 0. The molecule has 0 amide bonds. The summed E-state index contributed by atoms with van der Waals surface area (Å²) in [6.07, 6.45) is 8.52. The van der Waals surface area contributed by atoms with Crippen LogP contribution in [-0.2, 0) is 9.84 Å².